The van der Waals surface area contributed by atoms with Crippen molar-refractivity contribution in [1.29, 1.82) is 0 Å². The van der Waals surface area contributed by atoms with Crippen molar-refractivity contribution in [2.45, 2.75) is 46.0 Å². The molecule has 0 aliphatic rings. The van der Waals surface area contributed by atoms with Crippen LogP contribution in [0.4, 0.5) is 5.82 Å². The number of nitrogens with zero attached hydrogens (tertiary/aromatic N) is 2. The average Bonchev–Trinajstić information content (AvgIpc) is 2.28. The van der Waals surface area contributed by atoms with Crippen LogP contribution in [0.2, 0.25) is 0 Å². The molecule has 4 nitrogen and oxygen atoms in total. The maximum atomic E-state index is 5.07. The molecule has 0 aliphatic heterocycles. The Kier molecular flexibility index (Phi) is 5.54. The van der Waals surface area contributed by atoms with E-state index in [1.807, 2.05) is 6.07 Å². The molecule has 0 aromatic carbocycles. The van der Waals surface area contributed by atoms with E-state index >= 15 is 0 Å². The molecule has 1 N–H and O–H groups in total. The Morgan fingerprint density at radius 1 is 1.28 bits per heavy atom. The molecule has 0 bridgehead atoms. The molecule has 0 aliphatic carbocycles. The first kappa shape index (κ1) is 14.9. The normalized spacial score (nSPS) is 11.6. The van der Waals surface area contributed by atoms with E-state index in [0.29, 0.717) is 0 Å². The summed E-state index contributed by atoms with van der Waals surface area (Å²) in [6.45, 7) is 10.2. The van der Waals surface area contributed by atoms with Crippen molar-refractivity contribution in [3.05, 3.63) is 17.6 Å². The highest BCUT2D eigenvalue weighted by molar-refractivity contribution is 5.37. The van der Waals surface area contributed by atoms with Crippen molar-refractivity contribution in [3.8, 4) is 0 Å². The molecule has 0 saturated carbocycles. The van der Waals surface area contributed by atoms with Gasteiger partial charge in [0.2, 0.25) is 0 Å². The number of methoxy groups -OCH3 is 1. The van der Waals surface area contributed by atoms with E-state index in [1.165, 1.54) is 0 Å². The third-order valence-electron chi connectivity index (χ3n) is 2.65. The minimum Gasteiger partial charge on any atom is -0.385 e. The van der Waals surface area contributed by atoms with Gasteiger partial charge in [0.05, 0.1) is 5.69 Å². The Morgan fingerprint density at radius 2 is 2.00 bits per heavy atom. The lowest BCUT2D eigenvalue weighted by atomic mass is 9.92. The summed E-state index contributed by atoms with van der Waals surface area (Å²) >= 11 is 0. The zero-order valence-corrected chi connectivity index (χ0v) is 12.2. The summed E-state index contributed by atoms with van der Waals surface area (Å²) in [6.07, 6.45) is 1.81. The molecule has 1 aromatic heterocycles. The van der Waals surface area contributed by atoms with Crippen LogP contribution in [-0.4, -0.2) is 30.2 Å². The molecular formula is C14H25N3O. The molecule has 0 amide bonds. The van der Waals surface area contributed by atoms with Crippen molar-refractivity contribution in [1.82, 2.24) is 9.97 Å². The van der Waals surface area contributed by atoms with Crippen LogP contribution in [0.5, 0.6) is 0 Å². The predicted octanol–water partition coefficient (Wildman–Crippen LogP) is 2.78. The van der Waals surface area contributed by atoms with Gasteiger partial charge in [-0.3, -0.25) is 0 Å². The van der Waals surface area contributed by atoms with Gasteiger partial charge in [-0.15, -0.1) is 0 Å². The van der Waals surface area contributed by atoms with Gasteiger partial charge in [0.15, 0.2) is 0 Å². The minimum atomic E-state index is 0.0448. The van der Waals surface area contributed by atoms with Crippen LogP contribution in [0.25, 0.3) is 0 Å². The minimum absolute atomic E-state index is 0.0448. The molecule has 1 aromatic rings. The molecule has 4 heteroatoms. The predicted molar refractivity (Wildman–Crippen MR) is 75.1 cm³/mol. The largest absolute Gasteiger partial charge is 0.385 e. The number of rotatable bonds is 6. The lowest BCUT2D eigenvalue weighted by molar-refractivity contribution is 0.194. The lowest BCUT2D eigenvalue weighted by Gasteiger charge is -2.19. The summed E-state index contributed by atoms with van der Waals surface area (Å²) in [6, 6.07) is 2.04. The Hall–Kier alpha value is -1.16. The number of aromatic nitrogens is 2. The fourth-order valence-electron chi connectivity index (χ4n) is 1.64. The summed E-state index contributed by atoms with van der Waals surface area (Å²) in [4.78, 5) is 9.18. The van der Waals surface area contributed by atoms with Gasteiger partial charge < -0.3 is 10.1 Å². The van der Waals surface area contributed by atoms with Crippen molar-refractivity contribution in [3.63, 3.8) is 0 Å². The number of hydrogen-bond acceptors (Lipinski definition) is 4. The zero-order chi connectivity index (χ0) is 13.6. The first-order chi connectivity index (χ1) is 8.47. The fraction of sp³-hybridized carbons (Fsp3) is 0.714. The molecule has 18 heavy (non-hydrogen) atoms. The van der Waals surface area contributed by atoms with E-state index in [2.05, 4.69) is 43.0 Å². The van der Waals surface area contributed by atoms with Gasteiger partial charge in [0.25, 0.3) is 0 Å². The second-order valence-corrected chi connectivity index (χ2v) is 5.43. The third-order valence-corrected chi connectivity index (χ3v) is 2.65. The SMILES string of the molecule is CCNc1cc(C(C)(C)C)nc(CCCOC)n1. The highest BCUT2D eigenvalue weighted by Gasteiger charge is 2.17. The maximum Gasteiger partial charge on any atom is 0.131 e. The quantitative estimate of drug-likeness (QED) is 0.790. The van der Waals surface area contributed by atoms with Crippen molar-refractivity contribution in [2.75, 3.05) is 25.6 Å². The highest BCUT2D eigenvalue weighted by Crippen LogP contribution is 2.22. The topological polar surface area (TPSA) is 47.0 Å². The van der Waals surface area contributed by atoms with Crippen LogP contribution in [-0.2, 0) is 16.6 Å². The smallest absolute Gasteiger partial charge is 0.131 e. The van der Waals surface area contributed by atoms with Gasteiger partial charge in [-0.1, -0.05) is 20.8 Å². The van der Waals surface area contributed by atoms with Crippen LogP contribution in [0, 0.1) is 0 Å². The molecule has 0 atom stereocenters. The third kappa shape index (κ3) is 4.61. The van der Waals surface area contributed by atoms with Gasteiger partial charge in [0, 0.05) is 38.2 Å². The van der Waals surface area contributed by atoms with Crippen LogP contribution in [0.1, 0.15) is 45.6 Å². The standard InChI is InChI=1S/C14H25N3O/c1-6-15-13-10-11(14(2,3)4)16-12(17-13)8-7-9-18-5/h10H,6-9H2,1-5H3,(H,15,16,17). The summed E-state index contributed by atoms with van der Waals surface area (Å²) in [5, 5.41) is 3.27. The number of ether oxygens (including phenoxy) is 1. The Morgan fingerprint density at radius 3 is 2.56 bits per heavy atom. The summed E-state index contributed by atoms with van der Waals surface area (Å²) in [5.74, 6) is 1.82. The number of hydrogen-bond donors (Lipinski definition) is 1. The summed E-state index contributed by atoms with van der Waals surface area (Å²) in [7, 11) is 1.72. The van der Waals surface area contributed by atoms with E-state index in [0.717, 1.165) is 43.3 Å². The van der Waals surface area contributed by atoms with Gasteiger partial charge in [-0.25, -0.2) is 9.97 Å². The van der Waals surface area contributed by atoms with Gasteiger partial charge in [-0.05, 0) is 13.3 Å². The molecule has 0 spiro atoms. The van der Waals surface area contributed by atoms with Crippen molar-refractivity contribution in [2.24, 2.45) is 0 Å². The summed E-state index contributed by atoms with van der Waals surface area (Å²) in [5.41, 5.74) is 1.13. The Labute approximate surface area is 110 Å². The number of aryl methyl sites for hydroxylation is 1. The van der Waals surface area contributed by atoms with E-state index in [1.54, 1.807) is 7.11 Å². The van der Waals surface area contributed by atoms with Gasteiger partial charge in [0.1, 0.15) is 11.6 Å². The van der Waals surface area contributed by atoms with E-state index < -0.39 is 0 Å². The molecule has 0 fully saturated rings. The van der Waals surface area contributed by atoms with E-state index in [-0.39, 0.29) is 5.41 Å². The Balaban J connectivity index is 2.91. The molecule has 0 radical (unpaired) electrons. The maximum absolute atomic E-state index is 5.07. The first-order valence-corrected chi connectivity index (χ1v) is 6.58. The van der Waals surface area contributed by atoms with Gasteiger partial charge in [-0.2, -0.15) is 0 Å². The highest BCUT2D eigenvalue weighted by atomic mass is 16.5. The molecule has 1 heterocycles. The van der Waals surface area contributed by atoms with Crippen molar-refractivity contribution < 1.29 is 4.74 Å². The summed E-state index contributed by atoms with van der Waals surface area (Å²) < 4.78 is 5.07. The molecular weight excluding hydrogens is 226 g/mol. The van der Waals surface area contributed by atoms with E-state index in [9.17, 15) is 0 Å². The molecule has 0 saturated heterocycles. The molecule has 1 rings (SSSR count). The van der Waals surface area contributed by atoms with Crippen LogP contribution in [0.15, 0.2) is 6.07 Å². The van der Waals surface area contributed by atoms with Crippen LogP contribution < -0.4 is 5.32 Å². The first-order valence-electron chi connectivity index (χ1n) is 6.58. The lowest BCUT2D eigenvalue weighted by Crippen LogP contribution is -2.17. The monoisotopic (exact) mass is 251 g/mol. The van der Waals surface area contributed by atoms with Gasteiger partial charge >= 0.3 is 0 Å². The van der Waals surface area contributed by atoms with Crippen LogP contribution in [0.3, 0.4) is 0 Å². The fourth-order valence-corrected chi connectivity index (χ4v) is 1.64. The molecule has 102 valence electrons. The Bertz CT molecular complexity index is 372. The van der Waals surface area contributed by atoms with E-state index in [4.69, 9.17) is 4.74 Å². The zero-order valence-electron chi connectivity index (χ0n) is 12.2. The average molecular weight is 251 g/mol. The number of nitrogens with one attached hydrogen (secondary N) is 1. The second-order valence-electron chi connectivity index (χ2n) is 5.43. The number of anilines is 1. The van der Waals surface area contributed by atoms with Crippen LogP contribution >= 0.6 is 0 Å². The van der Waals surface area contributed by atoms with Crippen molar-refractivity contribution >= 4 is 5.82 Å². The second kappa shape index (κ2) is 6.69. The molecule has 0 unspecified atom stereocenters.